The quantitative estimate of drug-likeness (QED) is 0.0813. The van der Waals surface area contributed by atoms with Crippen molar-refractivity contribution in [2.45, 2.75) is 139 Å². The second-order valence-corrected chi connectivity index (χ2v) is 10.7. The minimum Gasteiger partial charge on any atom is -0.386 e. The number of phosphoric ester groups is 1. The summed E-state index contributed by atoms with van der Waals surface area (Å²) in [4.78, 5) is 0. The van der Waals surface area contributed by atoms with Crippen molar-refractivity contribution >= 4 is 7.82 Å². The Morgan fingerprint density at radius 1 is 0.474 bits per heavy atom. The fourth-order valence-corrected chi connectivity index (χ4v) is 5.28. The van der Waals surface area contributed by atoms with Gasteiger partial charge in [0.1, 0.15) is 17.3 Å². The van der Waals surface area contributed by atoms with Crippen LogP contribution in [-0.4, -0.2) is 0 Å². The fourth-order valence-electron chi connectivity index (χ4n) is 3.87. The molecule has 0 unspecified atom stereocenters. The summed E-state index contributed by atoms with van der Waals surface area (Å²) in [6.07, 6.45) is 22.9. The zero-order chi connectivity index (χ0) is 28.8. The molecule has 0 aliphatic carbocycles. The first kappa shape index (κ1) is 36.1. The number of hydrogen-bond acceptors (Lipinski definition) is 4. The van der Waals surface area contributed by atoms with Crippen LogP contribution in [0.25, 0.3) is 0 Å². The van der Waals surface area contributed by atoms with Crippen LogP contribution in [0.15, 0.2) is 70.5 Å². The predicted octanol–water partition coefficient (Wildman–Crippen LogP) is 12.4. The molecule has 0 aliphatic rings. The highest BCUT2D eigenvalue weighted by Crippen LogP contribution is 2.57. The molecular weight excluding hydrogens is 491 g/mol. The molecule has 0 aromatic heterocycles. The number of allylic oxidation sites excluding steroid dienone is 9. The molecule has 0 N–H and O–H groups in total. The smallest absolute Gasteiger partial charge is 0.386 e. The third kappa shape index (κ3) is 13.7. The van der Waals surface area contributed by atoms with Gasteiger partial charge < -0.3 is 13.6 Å². The molecule has 0 aromatic carbocycles. The average molecular weight is 549 g/mol. The standard InChI is InChI=1S/C33H57O4P/c1-10-19-25-28(16-7)31(22-13-4)35-38(34,36-32(23-14-5)29(17-8)26-20-11-2)37-33(24-15-6)30(18-9)27-21-12-3/h22-27H,10-21H2,1-9H3/b28-25+,29-26+,30-27+,31-22-,32-23-,33-24-. The van der Waals surface area contributed by atoms with E-state index in [2.05, 4.69) is 80.5 Å². The summed E-state index contributed by atoms with van der Waals surface area (Å²) in [7, 11) is -4.10. The van der Waals surface area contributed by atoms with Crippen molar-refractivity contribution in [3.8, 4) is 0 Å². The van der Waals surface area contributed by atoms with Crippen molar-refractivity contribution < 1.29 is 18.1 Å². The van der Waals surface area contributed by atoms with Crippen LogP contribution in [0.5, 0.6) is 0 Å². The summed E-state index contributed by atoms with van der Waals surface area (Å²) >= 11 is 0. The van der Waals surface area contributed by atoms with E-state index < -0.39 is 7.82 Å². The van der Waals surface area contributed by atoms with Gasteiger partial charge in [-0.2, -0.15) is 4.57 Å². The Hall–Kier alpha value is -1.93. The molecule has 0 radical (unpaired) electrons. The highest BCUT2D eigenvalue weighted by Gasteiger charge is 2.37. The predicted molar refractivity (Wildman–Crippen MR) is 166 cm³/mol. The monoisotopic (exact) mass is 548 g/mol. The maximum absolute atomic E-state index is 14.7. The first-order valence-electron chi connectivity index (χ1n) is 15.2. The second kappa shape index (κ2) is 21.9. The SMILES string of the molecule is CC/C=C(OP(=O)(OC(=C\CC)/C(=C/CCC)CC)OC(=C\CC)/C(=C/CCC)CC)/C(=C/CCC)CC. The van der Waals surface area contributed by atoms with Gasteiger partial charge in [0.15, 0.2) is 0 Å². The van der Waals surface area contributed by atoms with Crippen molar-refractivity contribution in [2.75, 3.05) is 0 Å². The van der Waals surface area contributed by atoms with E-state index in [1.54, 1.807) is 0 Å². The summed E-state index contributed by atoms with van der Waals surface area (Å²) in [5.41, 5.74) is 3.08. The molecule has 218 valence electrons. The molecular formula is C33H57O4P. The van der Waals surface area contributed by atoms with Crippen molar-refractivity contribution in [2.24, 2.45) is 0 Å². The van der Waals surface area contributed by atoms with Gasteiger partial charge in [0.05, 0.1) is 0 Å². The molecule has 0 spiro atoms. The Labute approximate surface area is 235 Å². The Balaban J connectivity index is 6.89. The van der Waals surface area contributed by atoms with Crippen LogP contribution < -0.4 is 0 Å². The molecule has 5 heteroatoms. The third-order valence-corrected chi connectivity index (χ3v) is 7.19. The summed E-state index contributed by atoms with van der Waals surface area (Å²) in [5.74, 6) is 1.76. The largest absolute Gasteiger partial charge is 0.647 e. The fraction of sp³-hybridized carbons (Fsp3) is 0.636. The first-order valence-corrected chi connectivity index (χ1v) is 16.7. The Bertz CT molecular complexity index is 773. The lowest BCUT2D eigenvalue weighted by Crippen LogP contribution is -2.06. The zero-order valence-electron chi connectivity index (χ0n) is 26.0. The highest BCUT2D eigenvalue weighted by molar-refractivity contribution is 7.48. The van der Waals surface area contributed by atoms with E-state index in [9.17, 15) is 4.57 Å². The molecule has 0 aromatic rings. The summed E-state index contributed by atoms with van der Waals surface area (Å²) < 4.78 is 33.7. The summed E-state index contributed by atoms with van der Waals surface area (Å²) in [6, 6.07) is 0. The third-order valence-electron chi connectivity index (χ3n) is 5.93. The maximum Gasteiger partial charge on any atom is 0.647 e. The summed E-state index contributed by atoms with van der Waals surface area (Å²) in [5, 5.41) is 0. The molecule has 0 heterocycles. The van der Waals surface area contributed by atoms with Gasteiger partial charge in [0.25, 0.3) is 0 Å². The minimum atomic E-state index is -4.10. The van der Waals surface area contributed by atoms with Gasteiger partial charge in [-0.1, -0.05) is 99.8 Å². The van der Waals surface area contributed by atoms with Gasteiger partial charge >= 0.3 is 7.82 Å². The van der Waals surface area contributed by atoms with E-state index >= 15 is 0 Å². The van der Waals surface area contributed by atoms with Crippen LogP contribution in [-0.2, 0) is 18.1 Å². The van der Waals surface area contributed by atoms with Crippen LogP contribution in [0.3, 0.4) is 0 Å². The Morgan fingerprint density at radius 3 is 0.921 bits per heavy atom. The average Bonchev–Trinajstić information content (AvgIpc) is 2.90. The van der Waals surface area contributed by atoms with E-state index in [1.807, 2.05) is 18.2 Å². The number of rotatable bonds is 21. The van der Waals surface area contributed by atoms with Crippen molar-refractivity contribution in [3.63, 3.8) is 0 Å². The number of phosphoric acid groups is 1. The molecule has 0 amide bonds. The lowest BCUT2D eigenvalue weighted by molar-refractivity contribution is 0.198. The Kier molecular flexibility index (Phi) is 20.8. The van der Waals surface area contributed by atoms with Gasteiger partial charge in [-0.25, -0.2) is 0 Å². The van der Waals surface area contributed by atoms with Crippen molar-refractivity contribution in [3.05, 3.63) is 70.5 Å². The molecule has 38 heavy (non-hydrogen) atoms. The second-order valence-electron chi connectivity index (χ2n) is 9.27. The lowest BCUT2D eigenvalue weighted by atomic mass is 10.1. The molecule has 0 bridgehead atoms. The molecule has 0 rings (SSSR count). The van der Waals surface area contributed by atoms with Crippen LogP contribution in [0, 0.1) is 0 Å². The van der Waals surface area contributed by atoms with Crippen LogP contribution in [0.1, 0.15) is 139 Å². The van der Waals surface area contributed by atoms with Gasteiger partial charge in [-0.05, 0) is 92.7 Å². The summed E-state index contributed by atoms with van der Waals surface area (Å²) in [6.45, 7) is 18.9. The number of unbranched alkanes of at least 4 members (excludes halogenated alkanes) is 3. The minimum absolute atomic E-state index is 0.588. The zero-order valence-corrected chi connectivity index (χ0v) is 26.9. The molecule has 0 saturated carbocycles. The van der Waals surface area contributed by atoms with Crippen LogP contribution in [0.2, 0.25) is 0 Å². The van der Waals surface area contributed by atoms with Gasteiger partial charge in [0, 0.05) is 0 Å². The van der Waals surface area contributed by atoms with E-state index in [4.69, 9.17) is 13.6 Å². The number of hydrogen-bond donors (Lipinski definition) is 0. The van der Waals surface area contributed by atoms with Crippen LogP contribution in [0.4, 0.5) is 0 Å². The lowest BCUT2D eigenvalue weighted by Gasteiger charge is -2.25. The van der Waals surface area contributed by atoms with E-state index in [0.29, 0.717) is 17.3 Å². The Morgan fingerprint density at radius 2 is 0.737 bits per heavy atom. The topological polar surface area (TPSA) is 44.8 Å². The first-order chi connectivity index (χ1) is 18.3. The van der Waals surface area contributed by atoms with Gasteiger partial charge in [-0.3, -0.25) is 0 Å². The van der Waals surface area contributed by atoms with Crippen molar-refractivity contribution in [1.29, 1.82) is 0 Å². The molecule has 0 atom stereocenters. The molecule has 0 fully saturated rings. The highest BCUT2D eigenvalue weighted by atomic mass is 31.2. The maximum atomic E-state index is 14.7. The van der Waals surface area contributed by atoms with Crippen LogP contribution >= 0.6 is 7.82 Å². The van der Waals surface area contributed by atoms with Gasteiger partial charge in [0.2, 0.25) is 0 Å². The molecule has 4 nitrogen and oxygen atoms in total. The van der Waals surface area contributed by atoms with E-state index in [1.165, 1.54) is 0 Å². The van der Waals surface area contributed by atoms with E-state index in [-0.39, 0.29) is 0 Å². The normalized spacial score (nSPS) is 14.7. The molecule has 0 aliphatic heterocycles. The van der Waals surface area contributed by atoms with E-state index in [0.717, 1.165) is 93.8 Å². The van der Waals surface area contributed by atoms with Crippen molar-refractivity contribution in [1.82, 2.24) is 0 Å². The molecule has 0 saturated heterocycles. The van der Waals surface area contributed by atoms with Gasteiger partial charge in [-0.15, -0.1) is 0 Å².